The highest BCUT2D eigenvalue weighted by Crippen LogP contribution is 2.34. The number of rotatable bonds is 5. The number of hydrogen-bond acceptors (Lipinski definition) is 4. The molecule has 0 spiro atoms. The van der Waals surface area contributed by atoms with Gasteiger partial charge in [0.15, 0.2) is 0 Å². The summed E-state index contributed by atoms with van der Waals surface area (Å²) in [7, 11) is 1.59. The van der Waals surface area contributed by atoms with Crippen molar-refractivity contribution in [3.05, 3.63) is 40.3 Å². The van der Waals surface area contributed by atoms with Crippen molar-refractivity contribution in [3.63, 3.8) is 0 Å². The molecule has 10 heteroatoms. The van der Waals surface area contributed by atoms with E-state index in [1.807, 2.05) is 20.8 Å². The van der Waals surface area contributed by atoms with Crippen molar-refractivity contribution in [1.29, 1.82) is 0 Å². The Kier molecular flexibility index (Phi) is 6.56. The molecule has 8 nitrogen and oxygen atoms in total. The minimum Gasteiger partial charge on any atom is -0.385 e. The Labute approximate surface area is 185 Å². The SMILES string of the molecule is COCCC1CN(C(N)=O)Cc2c(C(=O)NC(C)(C)C)c(-c3ccc(F)c(Cl)c3)nn21. The first-order valence-corrected chi connectivity index (χ1v) is 10.3. The number of nitrogens with one attached hydrogen (secondary N) is 1. The van der Waals surface area contributed by atoms with Crippen LogP contribution >= 0.6 is 11.6 Å². The molecule has 1 aromatic heterocycles. The zero-order valence-corrected chi connectivity index (χ0v) is 18.8. The molecular formula is C21H27ClFN5O3. The zero-order chi connectivity index (χ0) is 22.9. The molecule has 0 bridgehead atoms. The van der Waals surface area contributed by atoms with Crippen molar-refractivity contribution in [3.8, 4) is 11.3 Å². The van der Waals surface area contributed by atoms with Crippen LogP contribution in [0.5, 0.6) is 0 Å². The molecule has 0 fully saturated rings. The van der Waals surface area contributed by atoms with Crippen LogP contribution in [0.1, 0.15) is 49.3 Å². The number of carbonyl (C=O) groups is 2. The minimum absolute atomic E-state index is 0.0691. The first-order valence-electron chi connectivity index (χ1n) is 9.94. The Morgan fingerprint density at radius 1 is 1.39 bits per heavy atom. The standard InChI is InChI=1S/C21H27ClFN5O3/c1-21(2,3)25-19(29)17-16-11-27(20(24)30)10-13(7-8-31-4)28(16)26-18(17)12-5-6-15(23)14(22)9-12/h5-6,9,13H,7-8,10-11H2,1-4H3,(H2,24,30)(H,25,29). The van der Waals surface area contributed by atoms with E-state index in [1.54, 1.807) is 11.8 Å². The maximum Gasteiger partial charge on any atom is 0.315 e. The normalized spacial score (nSPS) is 16.2. The monoisotopic (exact) mass is 451 g/mol. The van der Waals surface area contributed by atoms with Crippen LogP contribution in [0.3, 0.4) is 0 Å². The summed E-state index contributed by atoms with van der Waals surface area (Å²) in [6, 6.07) is 3.39. The van der Waals surface area contributed by atoms with Crippen molar-refractivity contribution >= 4 is 23.5 Å². The first kappa shape index (κ1) is 23.0. The molecule has 0 saturated carbocycles. The Hall–Kier alpha value is -2.65. The number of carbonyl (C=O) groups excluding carboxylic acids is 2. The number of hydrogen-bond donors (Lipinski definition) is 2. The van der Waals surface area contributed by atoms with E-state index >= 15 is 0 Å². The largest absolute Gasteiger partial charge is 0.385 e. The van der Waals surface area contributed by atoms with Gasteiger partial charge in [-0.15, -0.1) is 0 Å². The summed E-state index contributed by atoms with van der Waals surface area (Å²) in [5.41, 5.74) is 6.80. The lowest BCUT2D eigenvalue weighted by Crippen LogP contribution is -2.45. The number of ether oxygens (including phenoxy) is 1. The van der Waals surface area contributed by atoms with Crippen molar-refractivity contribution < 1.29 is 18.7 Å². The van der Waals surface area contributed by atoms with Gasteiger partial charge in [-0.1, -0.05) is 11.6 Å². The summed E-state index contributed by atoms with van der Waals surface area (Å²) in [5.74, 6) is -0.908. The Morgan fingerprint density at radius 3 is 2.68 bits per heavy atom. The van der Waals surface area contributed by atoms with E-state index in [0.29, 0.717) is 42.1 Å². The lowest BCUT2D eigenvalue weighted by molar-refractivity contribution is 0.0914. The van der Waals surface area contributed by atoms with E-state index in [-0.39, 0.29) is 23.5 Å². The maximum atomic E-state index is 13.8. The van der Waals surface area contributed by atoms with Gasteiger partial charge in [0.05, 0.1) is 28.9 Å². The third kappa shape index (κ3) is 4.99. The fraction of sp³-hybridized carbons (Fsp3) is 0.476. The van der Waals surface area contributed by atoms with Gasteiger partial charge in [0, 0.05) is 31.4 Å². The number of nitrogens with zero attached hydrogens (tertiary/aromatic N) is 3. The molecule has 0 aliphatic carbocycles. The second-order valence-corrected chi connectivity index (χ2v) is 9.01. The zero-order valence-electron chi connectivity index (χ0n) is 18.0. The summed E-state index contributed by atoms with van der Waals surface area (Å²) in [4.78, 5) is 26.8. The van der Waals surface area contributed by atoms with Crippen LogP contribution in [-0.2, 0) is 11.3 Å². The molecule has 1 aromatic carbocycles. The molecule has 0 radical (unpaired) electrons. The van der Waals surface area contributed by atoms with Crippen LogP contribution in [0.4, 0.5) is 9.18 Å². The summed E-state index contributed by atoms with van der Waals surface area (Å²) >= 11 is 5.99. The van der Waals surface area contributed by atoms with E-state index < -0.39 is 17.4 Å². The number of benzene rings is 1. The van der Waals surface area contributed by atoms with Gasteiger partial charge >= 0.3 is 6.03 Å². The molecule has 3 amide bonds. The molecule has 0 saturated heterocycles. The Bertz CT molecular complexity index is 1000. The smallest absolute Gasteiger partial charge is 0.315 e. The third-order valence-corrected chi connectivity index (χ3v) is 5.29. The van der Waals surface area contributed by atoms with Gasteiger partial charge in [0.1, 0.15) is 11.5 Å². The predicted molar refractivity (Wildman–Crippen MR) is 115 cm³/mol. The lowest BCUT2D eigenvalue weighted by atomic mass is 10.0. The number of methoxy groups -OCH3 is 1. The van der Waals surface area contributed by atoms with Crippen molar-refractivity contribution in [2.24, 2.45) is 5.73 Å². The van der Waals surface area contributed by atoms with Crippen LogP contribution in [0.2, 0.25) is 5.02 Å². The number of primary amides is 1. The Balaban J connectivity index is 2.20. The lowest BCUT2D eigenvalue weighted by Gasteiger charge is -2.33. The summed E-state index contributed by atoms with van der Waals surface area (Å²) in [6.45, 7) is 6.52. The number of halogens is 2. The molecular weight excluding hydrogens is 425 g/mol. The molecule has 1 aliphatic rings. The number of urea groups is 1. The number of nitrogens with two attached hydrogens (primary N) is 1. The van der Waals surface area contributed by atoms with E-state index in [0.717, 1.165) is 0 Å². The van der Waals surface area contributed by atoms with E-state index in [9.17, 15) is 14.0 Å². The van der Waals surface area contributed by atoms with Gasteiger partial charge in [0.25, 0.3) is 5.91 Å². The van der Waals surface area contributed by atoms with Gasteiger partial charge in [0.2, 0.25) is 0 Å². The predicted octanol–water partition coefficient (Wildman–Crippen LogP) is 3.34. The van der Waals surface area contributed by atoms with Gasteiger partial charge in [-0.2, -0.15) is 5.10 Å². The van der Waals surface area contributed by atoms with Gasteiger partial charge < -0.3 is 20.7 Å². The first-order chi connectivity index (χ1) is 14.5. The van der Waals surface area contributed by atoms with Crippen LogP contribution in [0.25, 0.3) is 11.3 Å². The van der Waals surface area contributed by atoms with E-state index in [1.165, 1.54) is 23.1 Å². The summed E-state index contributed by atoms with van der Waals surface area (Å²) < 4.78 is 20.7. The molecule has 2 aromatic rings. The van der Waals surface area contributed by atoms with Crippen molar-refractivity contribution in [2.45, 2.75) is 45.3 Å². The van der Waals surface area contributed by atoms with Crippen molar-refractivity contribution in [1.82, 2.24) is 20.0 Å². The quantitative estimate of drug-likeness (QED) is 0.727. The highest BCUT2D eigenvalue weighted by atomic mass is 35.5. The Morgan fingerprint density at radius 2 is 2.10 bits per heavy atom. The number of amides is 3. The molecule has 3 N–H and O–H groups in total. The van der Waals surface area contributed by atoms with E-state index in [4.69, 9.17) is 27.2 Å². The molecule has 2 heterocycles. The van der Waals surface area contributed by atoms with Crippen LogP contribution < -0.4 is 11.1 Å². The number of fused-ring (bicyclic) bond motifs is 1. The van der Waals surface area contributed by atoms with Crippen molar-refractivity contribution in [2.75, 3.05) is 20.3 Å². The highest BCUT2D eigenvalue weighted by Gasteiger charge is 2.35. The molecule has 168 valence electrons. The topological polar surface area (TPSA) is 102 Å². The van der Waals surface area contributed by atoms with Gasteiger partial charge in [-0.3, -0.25) is 9.48 Å². The van der Waals surface area contributed by atoms with Gasteiger partial charge in [-0.25, -0.2) is 9.18 Å². The van der Waals surface area contributed by atoms with E-state index in [2.05, 4.69) is 5.32 Å². The minimum atomic E-state index is -0.580. The molecule has 1 atom stereocenters. The molecule has 31 heavy (non-hydrogen) atoms. The fourth-order valence-corrected chi connectivity index (χ4v) is 3.80. The van der Waals surface area contributed by atoms with Crippen LogP contribution in [0, 0.1) is 5.82 Å². The van der Waals surface area contributed by atoms with Crippen LogP contribution in [-0.4, -0.2) is 52.4 Å². The van der Waals surface area contributed by atoms with Gasteiger partial charge in [-0.05, 0) is 45.4 Å². The second kappa shape index (κ2) is 8.84. The average Bonchev–Trinajstić information content (AvgIpc) is 3.06. The number of aromatic nitrogens is 2. The summed E-state index contributed by atoms with van der Waals surface area (Å²) in [6.07, 6.45) is 0.568. The highest BCUT2D eigenvalue weighted by molar-refractivity contribution is 6.31. The molecule has 1 unspecified atom stereocenters. The molecule has 3 rings (SSSR count). The average molecular weight is 452 g/mol. The molecule has 1 aliphatic heterocycles. The fourth-order valence-electron chi connectivity index (χ4n) is 3.62. The second-order valence-electron chi connectivity index (χ2n) is 8.60. The van der Waals surface area contributed by atoms with Crippen LogP contribution in [0.15, 0.2) is 18.2 Å². The maximum absolute atomic E-state index is 13.8. The summed E-state index contributed by atoms with van der Waals surface area (Å²) in [5, 5.41) is 7.59. The third-order valence-electron chi connectivity index (χ3n) is 5.00.